The lowest BCUT2D eigenvalue weighted by Gasteiger charge is -2.09. The molecule has 5 nitrogen and oxygen atoms in total. The van der Waals surface area contributed by atoms with Crippen LogP contribution in [0.5, 0.6) is 5.75 Å². The van der Waals surface area contributed by atoms with Gasteiger partial charge in [-0.25, -0.2) is 9.67 Å². The smallest absolute Gasteiger partial charge is 0.138 e. The van der Waals surface area contributed by atoms with Crippen LogP contribution >= 0.6 is 0 Å². The van der Waals surface area contributed by atoms with E-state index in [0.29, 0.717) is 6.54 Å². The number of methoxy groups -OCH3 is 1. The van der Waals surface area contributed by atoms with Gasteiger partial charge in [-0.2, -0.15) is 5.10 Å². The van der Waals surface area contributed by atoms with Crippen LogP contribution in [0.3, 0.4) is 0 Å². The molecule has 1 aromatic carbocycles. The van der Waals surface area contributed by atoms with E-state index < -0.39 is 0 Å². The SMILES string of the molecule is COc1ccc(CN)c(-n2cncn2)c1. The Morgan fingerprint density at radius 1 is 1.47 bits per heavy atom. The molecule has 0 saturated heterocycles. The summed E-state index contributed by atoms with van der Waals surface area (Å²) in [5.41, 5.74) is 7.54. The monoisotopic (exact) mass is 204 g/mol. The number of nitrogens with two attached hydrogens (primary N) is 1. The lowest BCUT2D eigenvalue weighted by molar-refractivity contribution is 0.414. The molecule has 0 fully saturated rings. The molecule has 0 saturated carbocycles. The first kappa shape index (κ1) is 9.67. The Bertz CT molecular complexity index is 439. The van der Waals surface area contributed by atoms with Crippen LogP contribution in [0.4, 0.5) is 0 Å². The summed E-state index contributed by atoms with van der Waals surface area (Å²) in [6.07, 6.45) is 3.12. The number of ether oxygens (including phenoxy) is 1. The molecule has 1 heterocycles. The molecule has 0 atom stereocenters. The molecule has 0 aliphatic rings. The molecule has 0 aliphatic carbocycles. The fourth-order valence-corrected chi connectivity index (χ4v) is 1.39. The van der Waals surface area contributed by atoms with E-state index in [9.17, 15) is 0 Å². The maximum atomic E-state index is 5.65. The summed E-state index contributed by atoms with van der Waals surface area (Å²) in [7, 11) is 1.63. The van der Waals surface area contributed by atoms with E-state index in [0.717, 1.165) is 17.0 Å². The van der Waals surface area contributed by atoms with Gasteiger partial charge in [0.05, 0.1) is 12.8 Å². The minimum Gasteiger partial charge on any atom is -0.497 e. The fourth-order valence-electron chi connectivity index (χ4n) is 1.39. The van der Waals surface area contributed by atoms with Gasteiger partial charge in [0.2, 0.25) is 0 Å². The van der Waals surface area contributed by atoms with Crippen molar-refractivity contribution in [3.05, 3.63) is 36.4 Å². The third kappa shape index (κ3) is 1.82. The predicted octanol–water partition coefficient (Wildman–Crippen LogP) is 0.735. The van der Waals surface area contributed by atoms with Crippen molar-refractivity contribution in [2.75, 3.05) is 7.11 Å². The zero-order chi connectivity index (χ0) is 10.7. The average Bonchev–Trinajstić information content (AvgIpc) is 2.81. The molecule has 2 N–H and O–H groups in total. The zero-order valence-electron chi connectivity index (χ0n) is 8.42. The Hall–Kier alpha value is -1.88. The molecule has 2 aromatic rings. The van der Waals surface area contributed by atoms with Gasteiger partial charge in [0.1, 0.15) is 18.4 Å². The quantitative estimate of drug-likeness (QED) is 0.800. The van der Waals surface area contributed by atoms with Crippen molar-refractivity contribution >= 4 is 0 Å². The zero-order valence-corrected chi connectivity index (χ0v) is 8.42. The number of rotatable bonds is 3. The van der Waals surface area contributed by atoms with E-state index in [1.165, 1.54) is 6.33 Å². The van der Waals surface area contributed by atoms with Crippen molar-refractivity contribution in [2.45, 2.75) is 6.54 Å². The second-order valence-corrected chi connectivity index (χ2v) is 3.04. The van der Waals surface area contributed by atoms with Crippen molar-refractivity contribution in [3.8, 4) is 11.4 Å². The fraction of sp³-hybridized carbons (Fsp3) is 0.200. The van der Waals surface area contributed by atoms with Gasteiger partial charge in [-0.3, -0.25) is 0 Å². The normalized spacial score (nSPS) is 10.3. The van der Waals surface area contributed by atoms with Crippen LogP contribution < -0.4 is 10.5 Å². The highest BCUT2D eigenvalue weighted by atomic mass is 16.5. The summed E-state index contributed by atoms with van der Waals surface area (Å²) in [5, 5.41) is 4.06. The number of hydrogen-bond donors (Lipinski definition) is 1. The minimum atomic E-state index is 0.458. The van der Waals surface area contributed by atoms with E-state index in [4.69, 9.17) is 10.5 Å². The Balaban J connectivity index is 2.52. The maximum Gasteiger partial charge on any atom is 0.138 e. The van der Waals surface area contributed by atoms with Crippen LogP contribution in [0, 0.1) is 0 Å². The molecule has 1 aromatic heterocycles. The summed E-state index contributed by atoms with van der Waals surface area (Å²) < 4.78 is 6.82. The molecule has 5 heteroatoms. The largest absolute Gasteiger partial charge is 0.497 e. The van der Waals surface area contributed by atoms with Gasteiger partial charge < -0.3 is 10.5 Å². The summed E-state index contributed by atoms with van der Waals surface area (Å²) in [6.45, 7) is 0.458. The first-order valence-electron chi connectivity index (χ1n) is 4.57. The minimum absolute atomic E-state index is 0.458. The highest BCUT2D eigenvalue weighted by Gasteiger charge is 2.05. The number of nitrogens with zero attached hydrogens (tertiary/aromatic N) is 3. The number of aromatic nitrogens is 3. The maximum absolute atomic E-state index is 5.65. The van der Waals surface area contributed by atoms with E-state index in [2.05, 4.69) is 10.1 Å². The lowest BCUT2D eigenvalue weighted by Crippen LogP contribution is -2.05. The standard InChI is InChI=1S/C10H12N4O/c1-15-9-3-2-8(5-11)10(4-9)14-7-12-6-13-14/h2-4,6-7H,5,11H2,1H3. The Labute approximate surface area is 87.5 Å². The molecule has 0 unspecified atom stereocenters. The molecular formula is C10H12N4O. The molecule has 0 amide bonds. The molecular weight excluding hydrogens is 192 g/mol. The van der Waals surface area contributed by atoms with Gasteiger partial charge in [0.15, 0.2) is 0 Å². The second-order valence-electron chi connectivity index (χ2n) is 3.04. The molecule has 2 rings (SSSR count). The van der Waals surface area contributed by atoms with Gasteiger partial charge in [-0.15, -0.1) is 0 Å². The van der Waals surface area contributed by atoms with Crippen molar-refractivity contribution in [2.24, 2.45) is 5.73 Å². The van der Waals surface area contributed by atoms with Crippen LogP contribution in [-0.2, 0) is 6.54 Å². The Kier molecular flexibility index (Phi) is 2.64. The summed E-state index contributed by atoms with van der Waals surface area (Å²) in [4.78, 5) is 3.90. The number of benzene rings is 1. The van der Waals surface area contributed by atoms with E-state index in [1.54, 1.807) is 18.1 Å². The second kappa shape index (κ2) is 4.10. The van der Waals surface area contributed by atoms with Crippen LogP contribution in [-0.4, -0.2) is 21.9 Å². The molecule has 78 valence electrons. The first-order chi connectivity index (χ1) is 7.35. The molecule has 15 heavy (non-hydrogen) atoms. The van der Waals surface area contributed by atoms with Crippen molar-refractivity contribution in [3.63, 3.8) is 0 Å². The summed E-state index contributed by atoms with van der Waals surface area (Å²) in [6, 6.07) is 5.69. The Morgan fingerprint density at radius 3 is 2.93 bits per heavy atom. The van der Waals surface area contributed by atoms with Gasteiger partial charge in [0.25, 0.3) is 0 Å². The van der Waals surface area contributed by atoms with Gasteiger partial charge in [-0.05, 0) is 11.6 Å². The van der Waals surface area contributed by atoms with Gasteiger partial charge in [0, 0.05) is 12.6 Å². The molecule has 0 bridgehead atoms. The van der Waals surface area contributed by atoms with Crippen LogP contribution in [0.25, 0.3) is 5.69 Å². The number of hydrogen-bond acceptors (Lipinski definition) is 4. The van der Waals surface area contributed by atoms with Crippen LogP contribution in [0.2, 0.25) is 0 Å². The third-order valence-electron chi connectivity index (χ3n) is 2.18. The van der Waals surface area contributed by atoms with Crippen LogP contribution in [0.15, 0.2) is 30.9 Å². The summed E-state index contributed by atoms with van der Waals surface area (Å²) >= 11 is 0. The highest BCUT2D eigenvalue weighted by molar-refractivity contribution is 5.45. The van der Waals surface area contributed by atoms with Gasteiger partial charge >= 0.3 is 0 Å². The molecule has 0 radical (unpaired) electrons. The topological polar surface area (TPSA) is 66.0 Å². The Morgan fingerprint density at radius 2 is 2.33 bits per heavy atom. The van der Waals surface area contributed by atoms with Gasteiger partial charge in [-0.1, -0.05) is 6.07 Å². The van der Waals surface area contributed by atoms with E-state index in [1.807, 2.05) is 18.2 Å². The average molecular weight is 204 g/mol. The van der Waals surface area contributed by atoms with Crippen molar-refractivity contribution < 1.29 is 4.74 Å². The third-order valence-corrected chi connectivity index (χ3v) is 2.18. The predicted molar refractivity (Wildman–Crippen MR) is 55.8 cm³/mol. The summed E-state index contributed by atoms with van der Waals surface area (Å²) in [5.74, 6) is 0.776. The van der Waals surface area contributed by atoms with Crippen molar-refractivity contribution in [1.29, 1.82) is 0 Å². The first-order valence-corrected chi connectivity index (χ1v) is 4.57. The van der Waals surface area contributed by atoms with E-state index >= 15 is 0 Å². The lowest BCUT2D eigenvalue weighted by atomic mass is 10.1. The molecule has 0 spiro atoms. The highest BCUT2D eigenvalue weighted by Crippen LogP contribution is 2.20. The van der Waals surface area contributed by atoms with Crippen molar-refractivity contribution in [1.82, 2.24) is 14.8 Å². The molecule has 0 aliphatic heterocycles. The van der Waals surface area contributed by atoms with E-state index in [-0.39, 0.29) is 0 Å². The van der Waals surface area contributed by atoms with Crippen LogP contribution in [0.1, 0.15) is 5.56 Å².